The van der Waals surface area contributed by atoms with Crippen molar-refractivity contribution >= 4 is 35.0 Å². The monoisotopic (exact) mass is 297 g/mol. The molecule has 7 heteroatoms. The molecular weight excluding hydrogens is 286 g/mol. The van der Waals surface area contributed by atoms with Gasteiger partial charge in [-0.15, -0.1) is 11.8 Å². The summed E-state index contributed by atoms with van der Waals surface area (Å²) in [5, 5.41) is 13.6. The number of carboxylic acid groups (broad SMARTS) is 1. The maximum absolute atomic E-state index is 11.1. The number of rotatable bonds is 4. The second kappa shape index (κ2) is 5.54. The van der Waals surface area contributed by atoms with Gasteiger partial charge in [-0.05, 0) is 18.2 Å². The first-order valence-corrected chi connectivity index (χ1v) is 6.77. The Labute approximate surface area is 119 Å². The van der Waals surface area contributed by atoms with Crippen molar-refractivity contribution in [2.75, 3.05) is 5.73 Å². The molecule has 0 fully saturated rings. The number of thioether (sulfide) groups is 1. The van der Waals surface area contributed by atoms with Crippen LogP contribution in [0.4, 0.5) is 5.69 Å². The minimum Gasteiger partial charge on any atom is -0.478 e. The Balaban J connectivity index is 2.21. The molecule has 1 aromatic heterocycles. The molecule has 0 atom stereocenters. The van der Waals surface area contributed by atoms with Crippen molar-refractivity contribution in [3.63, 3.8) is 0 Å². The zero-order valence-electron chi connectivity index (χ0n) is 10.1. The van der Waals surface area contributed by atoms with Crippen molar-refractivity contribution in [3.05, 3.63) is 40.7 Å². The van der Waals surface area contributed by atoms with E-state index >= 15 is 0 Å². The van der Waals surface area contributed by atoms with E-state index in [2.05, 4.69) is 5.10 Å². The van der Waals surface area contributed by atoms with Crippen molar-refractivity contribution < 1.29 is 9.90 Å². The molecule has 0 aliphatic rings. The van der Waals surface area contributed by atoms with Crippen LogP contribution in [0.3, 0.4) is 0 Å². The van der Waals surface area contributed by atoms with Crippen LogP contribution in [0.5, 0.6) is 0 Å². The molecule has 2 aromatic rings. The lowest BCUT2D eigenvalue weighted by molar-refractivity contribution is 0.0696. The standard InChI is InChI=1S/C12H12ClN3O2S/c1-16-10(8(5-15-16)12(17)18)6-19-11-4-7(14)2-3-9(11)13/h2-5H,6,14H2,1H3,(H,17,18). The van der Waals surface area contributed by atoms with Gasteiger partial charge in [0.15, 0.2) is 0 Å². The summed E-state index contributed by atoms with van der Waals surface area (Å²) in [7, 11) is 1.71. The van der Waals surface area contributed by atoms with Crippen LogP contribution in [0.2, 0.25) is 5.02 Å². The van der Waals surface area contributed by atoms with Crippen LogP contribution < -0.4 is 5.73 Å². The summed E-state index contributed by atoms with van der Waals surface area (Å²) in [5.74, 6) is -0.524. The van der Waals surface area contributed by atoms with E-state index in [1.54, 1.807) is 29.9 Å². The molecule has 0 aliphatic carbocycles. The van der Waals surface area contributed by atoms with Crippen LogP contribution in [0.25, 0.3) is 0 Å². The maximum Gasteiger partial charge on any atom is 0.339 e. The summed E-state index contributed by atoms with van der Waals surface area (Å²) >= 11 is 7.49. The van der Waals surface area contributed by atoms with E-state index in [4.69, 9.17) is 22.4 Å². The third-order valence-electron chi connectivity index (χ3n) is 2.61. The smallest absolute Gasteiger partial charge is 0.339 e. The van der Waals surface area contributed by atoms with Gasteiger partial charge in [-0.25, -0.2) is 4.79 Å². The van der Waals surface area contributed by atoms with E-state index < -0.39 is 5.97 Å². The zero-order valence-corrected chi connectivity index (χ0v) is 11.7. The second-order valence-corrected chi connectivity index (χ2v) is 5.34. The molecule has 1 heterocycles. The highest BCUT2D eigenvalue weighted by molar-refractivity contribution is 7.98. The predicted octanol–water partition coefficient (Wildman–Crippen LogP) is 2.65. The summed E-state index contributed by atoms with van der Waals surface area (Å²) in [4.78, 5) is 11.9. The molecular formula is C12H12ClN3O2S. The van der Waals surface area contributed by atoms with Crippen LogP contribution >= 0.6 is 23.4 Å². The molecule has 100 valence electrons. The van der Waals surface area contributed by atoms with Crippen molar-refractivity contribution in [3.8, 4) is 0 Å². The maximum atomic E-state index is 11.1. The van der Waals surface area contributed by atoms with Gasteiger partial charge < -0.3 is 10.8 Å². The normalized spacial score (nSPS) is 10.6. The number of aromatic nitrogens is 2. The first-order chi connectivity index (χ1) is 8.99. The molecule has 2 rings (SSSR count). The van der Waals surface area contributed by atoms with Crippen molar-refractivity contribution in [1.29, 1.82) is 0 Å². The molecule has 0 unspecified atom stereocenters. The summed E-state index contributed by atoms with van der Waals surface area (Å²) < 4.78 is 1.55. The first-order valence-electron chi connectivity index (χ1n) is 5.41. The topological polar surface area (TPSA) is 81.1 Å². The van der Waals surface area contributed by atoms with Crippen LogP contribution in [-0.4, -0.2) is 20.9 Å². The van der Waals surface area contributed by atoms with E-state index in [9.17, 15) is 4.79 Å². The van der Waals surface area contributed by atoms with Gasteiger partial charge in [0.05, 0.1) is 16.9 Å². The number of carbonyl (C=O) groups is 1. The van der Waals surface area contributed by atoms with Crippen LogP contribution in [-0.2, 0) is 12.8 Å². The number of halogens is 1. The number of hydrogen-bond donors (Lipinski definition) is 2. The lowest BCUT2D eigenvalue weighted by Crippen LogP contribution is -2.03. The Bertz CT molecular complexity index is 627. The molecule has 0 amide bonds. The summed E-state index contributed by atoms with van der Waals surface area (Å²) in [6.45, 7) is 0. The highest BCUT2D eigenvalue weighted by Gasteiger charge is 2.15. The predicted molar refractivity (Wildman–Crippen MR) is 75.6 cm³/mol. The van der Waals surface area contributed by atoms with E-state index in [0.29, 0.717) is 22.2 Å². The van der Waals surface area contributed by atoms with E-state index in [0.717, 1.165) is 4.90 Å². The van der Waals surface area contributed by atoms with Gasteiger partial charge in [0, 0.05) is 23.4 Å². The van der Waals surface area contributed by atoms with Crippen LogP contribution in [0, 0.1) is 0 Å². The van der Waals surface area contributed by atoms with Gasteiger partial charge >= 0.3 is 5.97 Å². The van der Waals surface area contributed by atoms with Gasteiger partial charge in [-0.1, -0.05) is 11.6 Å². The van der Waals surface area contributed by atoms with Gasteiger partial charge in [0.1, 0.15) is 5.56 Å². The Hall–Kier alpha value is -1.66. The molecule has 0 bridgehead atoms. The summed E-state index contributed by atoms with van der Waals surface area (Å²) in [6.07, 6.45) is 1.35. The number of hydrogen-bond acceptors (Lipinski definition) is 4. The van der Waals surface area contributed by atoms with E-state index in [-0.39, 0.29) is 5.56 Å². The first kappa shape index (κ1) is 13.8. The van der Waals surface area contributed by atoms with Gasteiger partial charge in [0.25, 0.3) is 0 Å². The molecule has 0 spiro atoms. The Morgan fingerprint density at radius 3 is 3.00 bits per heavy atom. The fourth-order valence-corrected chi connectivity index (χ4v) is 2.93. The molecule has 0 saturated heterocycles. The average molecular weight is 298 g/mol. The largest absolute Gasteiger partial charge is 0.478 e. The molecule has 19 heavy (non-hydrogen) atoms. The lowest BCUT2D eigenvalue weighted by Gasteiger charge is -2.06. The average Bonchev–Trinajstić information content (AvgIpc) is 2.72. The minimum atomic E-state index is -0.984. The Morgan fingerprint density at radius 2 is 2.32 bits per heavy atom. The van der Waals surface area contributed by atoms with E-state index in [1.807, 2.05) is 0 Å². The molecule has 5 nitrogen and oxygen atoms in total. The fraction of sp³-hybridized carbons (Fsp3) is 0.167. The van der Waals surface area contributed by atoms with E-state index in [1.165, 1.54) is 18.0 Å². The Morgan fingerprint density at radius 1 is 1.58 bits per heavy atom. The minimum absolute atomic E-state index is 0.204. The number of aromatic carboxylic acids is 1. The number of carboxylic acids is 1. The van der Waals surface area contributed by atoms with Crippen molar-refractivity contribution in [2.45, 2.75) is 10.6 Å². The van der Waals surface area contributed by atoms with Crippen molar-refractivity contribution in [2.24, 2.45) is 7.05 Å². The highest BCUT2D eigenvalue weighted by Crippen LogP contribution is 2.31. The van der Waals surface area contributed by atoms with Gasteiger partial charge in [0.2, 0.25) is 0 Å². The molecule has 0 aliphatic heterocycles. The molecule has 3 N–H and O–H groups in total. The van der Waals surface area contributed by atoms with Crippen molar-refractivity contribution in [1.82, 2.24) is 9.78 Å². The van der Waals surface area contributed by atoms with Gasteiger partial charge in [-0.2, -0.15) is 5.10 Å². The fourth-order valence-electron chi connectivity index (χ4n) is 1.59. The second-order valence-electron chi connectivity index (χ2n) is 3.91. The third kappa shape index (κ3) is 3.02. The molecule has 1 aromatic carbocycles. The number of aryl methyl sites for hydroxylation is 1. The summed E-state index contributed by atoms with van der Waals surface area (Å²) in [6, 6.07) is 5.21. The number of nitrogen functional groups attached to an aromatic ring is 1. The number of nitrogens with zero attached hydrogens (tertiary/aromatic N) is 2. The number of anilines is 1. The third-order valence-corrected chi connectivity index (χ3v) is 4.12. The Kier molecular flexibility index (Phi) is 4.01. The van der Waals surface area contributed by atoms with Gasteiger partial charge in [-0.3, -0.25) is 4.68 Å². The number of nitrogens with two attached hydrogens (primary N) is 1. The number of benzene rings is 1. The zero-order chi connectivity index (χ0) is 14.0. The summed E-state index contributed by atoms with van der Waals surface area (Å²) in [5.41, 5.74) is 7.16. The molecule has 0 saturated carbocycles. The lowest BCUT2D eigenvalue weighted by atomic mass is 10.3. The molecule has 0 radical (unpaired) electrons. The quantitative estimate of drug-likeness (QED) is 0.670. The SMILES string of the molecule is Cn1ncc(C(=O)O)c1CSc1cc(N)ccc1Cl. The van der Waals surface area contributed by atoms with Crippen LogP contribution in [0.15, 0.2) is 29.3 Å². The highest BCUT2D eigenvalue weighted by atomic mass is 35.5. The van der Waals surface area contributed by atoms with Crippen LogP contribution in [0.1, 0.15) is 16.1 Å².